The maximum atomic E-state index is 12.7. The number of rotatable bonds is 9. The van der Waals surface area contributed by atoms with E-state index in [0.717, 1.165) is 11.1 Å². The van der Waals surface area contributed by atoms with Gasteiger partial charge in [0.05, 0.1) is 32.6 Å². The van der Waals surface area contributed by atoms with Gasteiger partial charge in [0, 0.05) is 17.8 Å². The van der Waals surface area contributed by atoms with Crippen LogP contribution >= 0.6 is 0 Å². The lowest BCUT2D eigenvalue weighted by Gasteiger charge is -2.18. The monoisotopic (exact) mass is 409 g/mol. The van der Waals surface area contributed by atoms with Crippen molar-refractivity contribution in [3.63, 3.8) is 0 Å². The van der Waals surface area contributed by atoms with Crippen LogP contribution in [0.2, 0.25) is 0 Å². The zero-order valence-corrected chi connectivity index (χ0v) is 17.9. The molecule has 0 saturated heterocycles. The second-order valence-corrected chi connectivity index (χ2v) is 6.55. The molecule has 2 N–H and O–H groups in total. The van der Waals surface area contributed by atoms with E-state index in [-0.39, 0.29) is 11.6 Å². The first kappa shape index (κ1) is 22.6. The summed E-state index contributed by atoms with van der Waals surface area (Å²) in [4.78, 5) is 12.7. The zero-order chi connectivity index (χ0) is 22.1. The molecule has 1 amide bonds. The van der Waals surface area contributed by atoms with E-state index in [1.165, 1.54) is 13.3 Å². The van der Waals surface area contributed by atoms with E-state index in [4.69, 9.17) is 14.2 Å². The fourth-order valence-corrected chi connectivity index (χ4v) is 2.86. The average Bonchev–Trinajstić information content (AvgIpc) is 2.75. The standard InChI is InChI=1S/C23H27N3O4/c1-6-30-21-10-7-15(2)11-19(21)16(3)26-23(27)17(13-24)14-25-20-9-8-18(28-4)12-22(20)29-5/h7-12,14,16,25H,6H2,1-5H3,(H,26,27)/b17-14-. The molecule has 0 spiro atoms. The van der Waals surface area contributed by atoms with E-state index >= 15 is 0 Å². The third kappa shape index (κ3) is 5.67. The number of amides is 1. The largest absolute Gasteiger partial charge is 0.497 e. The lowest BCUT2D eigenvalue weighted by atomic mass is 10.0. The molecule has 0 heterocycles. The van der Waals surface area contributed by atoms with Crippen LogP contribution in [0.1, 0.15) is 31.0 Å². The maximum absolute atomic E-state index is 12.7. The van der Waals surface area contributed by atoms with Gasteiger partial charge in [0.1, 0.15) is 28.9 Å². The highest BCUT2D eigenvalue weighted by Gasteiger charge is 2.17. The van der Waals surface area contributed by atoms with Crippen molar-refractivity contribution in [3.8, 4) is 23.3 Å². The number of carbonyl (C=O) groups excluding carboxylic acids is 1. The topological polar surface area (TPSA) is 92.6 Å². The molecule has 0 bridgehead atoms. The van der Waals surface area contributed by atoms with Crippen molar-refractivity contribution in [2.45, 2.75) is 26.8 Å². The Hall–Kier alpha value is -3.66. The number of methoxy groups -OCH3 is 2. The number of aryl methyl sites for hydroxylation is 1. The predicted molar refractivity (Wildman–Crippen MR) is 116 cm³/mol. The molecule has 2 aromatic rings. The number of benzene rings is 2. The van der Waals surface area contributed by atoms with Crippen LogP contribution in [0.3, 0.4) is 0 Å². The van der Waals surface area contributed by atoms with Crippen LogP contribution in [-0.2, 0) is 4.79 Å². The van der Waals surface area contributed by atoms with Gasteiger partial charge in [-0.15, -0.1) is 0 Å². The summed E-state index contributed by atoms with van der Waals surface area (Å²) >= 11 is 0. The van der Waals surface area contributed by atoms with Crippen LogP contribution in [-0.4, -0.2) is 26.7 Å². The van der Waals surface area contributed by atoms with Crippen molar-refractivity contribution in [1.29, 1.82) is 5.26 Å². The quantitative estimate of drug-likeness (QED) is 0.478. The highest BCUT2D eigenvalue weighted by Crippen LogP contribution is 2.29. The number of carbonyl (C=O) groups is 1. The van der Waals surface area contributed by atoms with Crippen LogP contribution in [0, 0.1) is 18.3 Å². The first-order valence-corrected chi connectivity index (χ1v) is 9.56. The zero-order valence-electron chi connectivity index (χ0n) is 17.9. The third-order valence-electron chi connectivity index (χ3n) is 4.43. The third-order valence-corrected chi connectivity index (χ3v) is 4.43. The van der Waals surface area contributed by atoms with Crippen molar-refractivity contribution in [1.82, 2.24) is 5.32 Å². The number of nitrogens with one attached hydrogen (secondary N) is 2. The molecular weight excluding hydrogens is 382 g/mol. The summed E-state index contributed by atoms with van der Waals surface area (Å²) in [6.07, 6.45) is 1.35. The van der Waals surface area contributed by atoms with E-state index in [2.05, 4.69) is 10.6 Å². The Balaban J connectivity index is 2.17. The molecule has 2 rings (SSSR count). The summed E-state index contributed by atoms with van der Waals surface area (Å²) in [6, 6.07) is 12.6. The van der Waals surface area contributed by atoms with E-state index in [1.54, 1.807) is 25.3 Å². The SMILES string of the molecule is CCOc1ccc(C)cc1C(C)NC(=O)/C(C#N)=C\Nc1ccc(OC)cc1OC. The molecule has 30 heavy (non-hydrogen) atoms. The minimum atomic E-state index is -0.492. The van der Waals surface area contributed by atoms with Crippen LogP contribution < -0.4 is 24.8 Å². The average molecular weight is 409 g/mol. The molecule has 7 heteroatoms. The van der Waals surface area contributed by atoms with Crippen LogP contribution in [0.15, 0.2) is 48.2 Å². The van der Waals surface area contributed by atoms with Crippen molar-refractivity contribution >= 4 is 11.6 Å². The number of nitriles is 1. The highest BCUT2D eigenvalue weighted by atomic mass is 16.5. The molecule has 0 fully saturated rings. The highest BCUT2D eigenvalue weighted by molar-refractivity contribution is 5.97. The van der Waals surface area contributed by atoms with Crippen molar-refractivity contribution in [3.05, 3.63) is 59.3 Å². The summed E-state index contributed by atoms with van der Waals surface area (Å²) < 4.78 is 16.1. The van der Waals surface area contributed by atoms with E-state index in [1.807, 2.05) is 45.0 Å². The Kier molecular flexibility index (Phi) is 8.12. The Labute approximate surface area is 177 Å². The molecule has 0 aliphatic carbocycles. The van der Waals surface area contributed by atoms with Gasteiger partial charge in [-0.05, 0) is 39.0 Å². The van der Waals surface area contributed by atoms with Gasteiger partial charge in [-0.2, -0.15) is 5.26 Å². The van der Waals surface area contributed by atoms with E-state index in [0.29, 0.717) is 29.5 Å². The molecule has 0 aliphatic heterocycles. The van der Waals surface area contributed by atoms with E-state index in [9.17, 15) is 10.1 Å². The van der Waals surface area contributed by atoms with Crippen molar-refractivity contribution in [2.24, 2.45) is 0 Å². The lowest BCUT2D eigenvalue weighted by Crippen LogP contribution is -2.28. The van der Waals surface area contributed by atoms with Crippen molar-refractivity contribution < 1.29 is 19.0 Å². The van der Waals surface area contributed by atoms with Crippen LogP contribution in [0.25, 0.3) is 0 Å². The molecule has 2 aromatic carbocycles. The molecule has 0 radical (unpaired) electrons. The first-order valence-electron chi connectivity index (χ1n) is 9.56. The fourth-order valence-electron chi connectivity index (χ4n) is 2.86. The minimum Gasteiger partial charge on any atom is -0.497 e. The Morgan fingerprint density at radius 1 is 1.17 bits per heavy atom. The normalized spacial score (nSPS) is 11.8. The smallest absolute Gasteiger partial charge is 0.263 e. The summed E-state index contributed by atoms with van der Waals surface area (Å²) in [5.41, 5.74) is 2.45. The maximum Gasteiger partial charge on any atom is 0.263 e. The number of hydrogen-bond acceptors (Lipinski definition) is 6. The summed E-state index contributed by atoms with van der Waals surface area (Å²) in [5, 5.41) is 15.3. The molecular formula is C23H27N3O4. The van der Waals surface area contributed by atoms with E-state index < -0.39 is 5.91 Å². The Morgan fingerprint density at radius 3 is 2.57 bits per heavy atom. The first-order chi connectivity index (χ1) is 14.4. The van der Waals surface area contributed by atoms with Gasteiger partial charge >= 0.3 is 0 Å². The van der Waals surface area contributed by atoms with Crippen molar-refractivity contribution in [2.75, 3.05) is 26.1 Å². The Bertz CT molecular complexity index is 963. The van der Waals surface area contributed by atoms with Crippen LogP contribution in [0.5, 0.6) is 17.2 Å². The minimum absolute atomic E-state index is 0.0645. The molecule has 158 valence electrons. The molecule has 7 nitrogen and oxygen atoms in total. The summed E-state index contributed by atoms with van der Waals surface area (Å²) in [6.45, 7) is 6.25. The summed E-state index contributed by atoms with van der Waals surface area (Å²) in [7, 11) is 3.09. The number of anilines is 1. The molecule has 1 unspecified atom stereocenters. The fraction of sp³-hybridized carbons (Fsp3) is 0.304. The Morgan fingerprint density at radius 2 is 1.93 bits per heavy atom. The van der Waals surface area contributed by atoms with Gasteiger partial charge in [-0.25, -0.2) is 0 Å². The van der Waals surface area contributed by atoms with Gasteiger partial charge < -0.3 is 24.8 Å². The second kappa shape index (κ2) is 10.8. The van der Waals surface area contributed by atoms with Gasteiger partial charge in [0.15, 0.2) is 0 Å². The van der Waals surface area contributed by atoms with Gasteiger partial charge in [0.2, 0.25) is 0 Å². The number of hydrogen-bond donors (Lipinski definition) is 2. The lowest BCUT2D eigenvalue weighted by molar-refractivity contribution is -0.117. The molecule has 0 aliphatic rings. The molecule has 0 saturated carbocycles. The molecule has 0 aromatic heterocycles. The van der Waals surface area contributed by atoms with Gasteiger partial charge in [-0.1, -0.05) is 17.7 Å². The van der Waals surface area contributed by atoms with Gasteiger partial charge in [0.25, 0.3) is 5.91 Å². The van der Waals surface area contributed by atoms with Crippen LogP contribution in [0.4, 0.5) is 5.69 Å². The summed E-state index contributed by atoms with van der Waals surface area (Å²) in [5.74, 6) is 1.38. The number of ether oxygens (including phenoxy) is 3. The predicted octanol–water partition coefficient (Wildman–Crippen LogP) is 4.11. The second-order valence-electron chi connectivity index (χ2n) is 6.55. The van der Waals surface area contributed by atoms with Gasteiger partial charge in [-0.3, -0.25) is 4.79 Å². The number of nitrogens with zero attached hydrogens (tertiary/aromatic N) is 1. The molecule has 1 atom stereocenters.